The number of rotatable bonds is 6. The van der Waals surface area contributed by atoms with Crippen LogP contribution in [0.4, 0.5) is 13.2 Å². The minimum Gasteiger partial charge on any atom is -0.354 e. The van der Waals surface area contributed by atoms with Gasteiger partial charge in [0.25, 0.3) is 0 Å². The number of halogens is 3. The molecule has 1 N–H and O–H groups in total. The summed E-state index contributed by atoms with van der Waals surface area (Å²) in [5.41, 5.74) is 0.769. The van der Waals surface area contributed by atoms with Gasteiger partial charge in [0.1, 0.15) is 0 Å². The summed E-state index contributed by atoms with van der Waals surface area (Å²) in [6.07, 6.45) is -2.19. The van der Waals surface area contributed by atoms with Crippen LogP contribution < -0.4 is 5.32 Å². The molecule has 6 heteroatoms. The van der Waals surface area contributed by atoms with Crippen LogP contribution in [0.5, 0.6) is 0 Å². The zero-order chi connectivity index (χ0) is 19.3. The number of carbonyl (C=O) groups excluding carboxylic acids is 1. The molecule has 0 aliphatic carbocycles. The maximum Gasteiger partial charge on any atom is 0.416 e. The minimum atomic E-state index is -4.40. The summed E-state index contributed by atoms with van der Waals surface area (Å²) >= 11 is 0. The van der Waals surface area contributed by atoms with E-state index < -0.39 is 11.7 Å². The van der Waals surface area contributed by atoms with Crippen LogP contribution in [-0.2, 0) is 17.4 Å². The van der Waals surface area contributed by atoms with Crippen molar-refractivity contribution in [3.05, 3.63) is 71.3 Å². The van der Waals surface area contributed by atoms with Gasteiger partial charge in [0.05, 0.1) is 18.0 Å². The third kappa shape index (κ3) is 5.32. The number of benzene rings is 2. The molecule has 1 saturated heterocycles. The van der Waals surface area contributed by atoms with Gasteiger partial charge >= 0.3 is 6.18 Å². The number of nitrogens with one attached hydrogen (secondary N) is 1. The first-order chi connectivity index (χ1) is 12.9. The average molecular weight is 376 g/mol. The molecule has 1 unspecified atom stereocenters. The van der Waals surface area contributed by atoms with E-state index in [9.17, 15) is 18.0 Å². The third-order valence-electron chi connectivity index (χ3n) is 4.88. The summed E-state index contributed by atoms with van der Waals surface area (Å²) in [5, 5.41) is 2.90. The molecule has 144 valence electrons. The molecule has 1 amide bonds. The van der Waals surface area contributed by atoms with Crippen LogP contribution in [0, 0.1) is 0 Å². The molecule has 3 rings (SSSR count). The zero-order valence-corrected chi connectivity index (χ0v) is 15.0. The molecule has 1 aliphatic rings. The van der Waals surface area contributed by atoms with E-state index in [4.69, 9.17) is 0 Å². The van der Waals surface area contributed by atoms with Gasteiger partial charge in [-0.2, -0.15) is 13.2 Å². The van der Waals surface area contributed by atoms with Crippen molar-refractivity contribution < 1.29 is 18.0 Å². The predicted molar refractivity (Wildman–Crippen MR) is 98.1 cm³/mol. The van der Waals surface area contributed by atoms with Gasteiger partial charge in [0, 0.05) is 6.54 Å². The van der Waals surface area contributed by atoms with E-state index in [-0.39, 0.29) is 18.4 Å². The highest BCUT2D eigenvalue weighted by molar-refractivity contribution is 5.78. The van der Waals surface area contributed by atoms with E-state index in [0.29, 0.717) is 12.1 Å². The van der Waals surface area contributed by atoms with Crippen molar-refractivity contribution in [3.63, 3.8) is 0 Å². The quantitative estimate of drug-likeness (QED) is 0.820. The zero-order valence-electron chi connectivity index (χ0n) is 15.0. The number of nitrogens with zero attached hydrogens (tertiary/aromatic N) is 1. The van der Waals surface area contributed by atoms with Crippen LogP contribution in [0.2, 0.25) is 0 Å². The Morgan fingerprint density at radius 3 is 2.41 bits per heavy atom. The molecule has 1 atom stereocenters. The maximum atomic E-state index is 12.8. The summed E-state index contributed by atoms with van der Waals surface area (Å²) in [5.74, 6) is -0.269. The second-order valence-corrected chi connectivity index (χ2v) is 6.85. The van der Waals surface area contributed by atoms with E-state index in [0.717, 1.165) is 43.6 Å². The molecule has 27 heavy (non-hydrogen) atoms. The summed E-state index contributed by atoms with van der Waals surface area (Å²) in [6, 6.07) is 15.0. The molecule has 0 aromatic heterocycles. The Balaban J connectivity index is 1.63. The van der Waals surface area contributed by atoms with E-state index >= 15 is 0 Å². The fourth-order valence-electron chi connectivity index (χ4n) is 3.50. The van der Waals surface area contributed by atoms with Gasteiger partial charge in [-0.25, -0.2) is 0 Å². The van der Waals surface area contributed by atoms with Crippen LogP contribution >= 0.6 is 0 Å². The topological polar surface area (TPSA) is 32.3 Å². The van der Waals surface area contributed by atoms with Crippen LogP contribution in [-0.4, -0.2) is 30.4 Å². The van der Waals surface area contributed by atoms with Crippen molar-refractivity contribution in [1.29, 1.82) is 0 Å². The summed E-state index contributed by atoms with van der Waals surface area (Å²) in [4.78, 5) is 14.7. The van der Waals surface area contributed by atoms with Gasteiger partial charge in [0.2, 0.25) is 5.91 Å². The summed E-state index contributed by atoms with van der Waals surface area (Å²) in [6.45, 7) is 2.42. The first-order valence-electron chi connectivity index (χ1n) is 9.15. The second kappa shape index (κ2) is 8.57. The highest BCUT2D eigenvalue weighted by Crippen LogP contribution is 2.29. The molecular formula is C21H23F3N2O. The van der Waals surface area contributed by atoms with Gasteiger partial charge in [-0.15, -0.1) is 0 Å². The van der Waals surface area contributed by atoms with Crippen molar-refractivity contribution in [1.82, 2.24) is 10.2 Å². The molecule has 0 saturated carbocycles. The van der Waals surface area contributed by atoms with Gasteiger partial charge in [-0.3, -0.25) is 9.69 Å². The van der Waals surface area contributed by atoms with E-state index in [2.05, 4.69) is 10.2 Å². The molecule has 2 aromatic carbocycles. The Bertz CT molecular complexity index is 756. The molecule has 0 radical (unpaired) electrons. The number of amides is 1. The highest BCUT2D eigenvalue weighted by Gasteiger charge is 2.30. The third-order valence-corrected chi connectivity index (χ3v) is 4.88. The van der Waals surface area contributed by atoms with Gasteiger partial charge in [-0.1, -0.05) is 48.5 Å². The van der Waals surface area contributed by atoms with Crippen molar-refractivity contribution in [2.45, 2.75) is 31.5 Å². The number of hydrogen-bond acceptors (Lipinski definition) is 2. The van der Waals surface area contributed by atoms with Crippen LogP contribution in [0.15, 0.2) is 54.6 Å². The lowest BCUT2D eigenvalue weighted by atomic mass is 10.0. The fourth-order valence-corrected chi connectivity index (χ4v) is 3.50. The van der Waals surface area contributed by atoms with Crippen molar-refractivity contribution in [3.8, 4) is 0 Å². The number of hydrogen-bond donors (Lipinski definition) is 1. The van der Waals surface area contributed by atoms with Crippen LogP contribution in [0.25, 0.3) is 0 Å². The molecule has 0 bridgehead atoms. The lowest BCUT2D eigenvalue weighted by Crippen LogP contribution is -2.37. The largest absolute Gasteiger partial charge is 0.416 e. The molecule has 3 nitrogen and oxygen atoms in total. The Hall–Kier alpha value is -2.34. The van der Waals surface area contributed by atoms with Crippen LogP contribution in [0.3, 0.4) is 0 Å². The second-order valence-electron chi connectivity index (χ2n) is 6.85. The predicted octanol–water partition coefficient (Wildman–Crippen LogP) is 4.20. The van der Waals surface area contributed by atoms with Gasteiger partial charge < -0.3 is 5.32 Å². The molecule has 0 spiro atoms. The molecular weight excluding hydrogens is 353 g/mol. The van der Waals surface area contributed by atoms with Crippen LogP contribution in [0.1, 0.15) is 35.6 Å². The summed E-state index contributed by atoms with van der Waals surface area (Å²) < 4.78 is 38.4. The first-order valence-corrected chi connectivity index (χ1v) is 9.15. The molecule has 2 aromatic rings. The standard InChI is InChI=1S/C21H23F3N2O/c22-21(23,24)18-10-6-7-16(13-18)14-20(27)25-15-19(26-11-4-5-12-26)17-8-2-1-3-9-17/h1-3,6-10,13,19H,4-5,11-12,14-15H2,(H,25,27). The normalized spacial score (nSPS) is 16.3. The van der Waals surface area contributed by atoms with Crippen molar-refractivity contribution in [2.75, 3.05) is 19.6 Å². The van der Waals surface area contributed by atoms with Gasteiger partial charge in [0.15, 0.2) is 0 Å². The lowest BCUT2D eigenvalue weighted by Gasteiger charge is -2.28. The highest BCUT2D eigenvalue weighted by atomic mass is 19.4. The molecule has 1 fully saturated rings. The first kappa shape index (κ1) is 19.4. The SMILES string of the molecule is O=C(Cc1cccc(C(F)(F)F)c1)NCC(c1ccccc1)N1CCCC1. The van der Waals surface area contributed by atoms with Gasteiger partial charge in [-0.05, 0) is 43.1 Å². The molecule has 1 aliphatic heterocycles. The number of alkyl halides is 3. The fraction of sp³-hybridized carbons (Fsp3) is 0.381. The van der Waals surface area contributed by atoms with Crippen molar-refractivity contribution >= 4 is 5.91 Å². The smallest absolute Gasteiger partial charge is 0.354 e. The lowest BCUT2D eigenvalue weighted by molar-refractivity contribution is -0.137. The van der Waals surface area contributed by atoms with E-state index in [1.54, 1.807) is 6.07 Å². The number of carbonyl (C=O) groups is 1. The average Bonchev–Trinajstić information content (AvgIpc) is 3.17. The van der Waals surface area contributed by atoms with Crippen molar-refractivity contribution in [2.24, 2.45) is 0 Å². The monoisotopic (exact) mass is 376 g/mol. The maximum absolute atomic E-state index is 12.8. The Morgan fingerprint density at radius 1 is 1.04 bits per heavy atom. The molecule has 1 heterocycles. The summed E-state index contributed by atoms with van der Waals surface area (Å²) in [7, 11) is 0. The number of likely N-dealkylation sites (tertiary alicyclic amines) is 1. The Morgan fingerprint density at radius 2 is 1.74 bits per heavy atom. The Labute approximate surface area is 157 Å². The van der Waals surface area contributed by atoms with E-state index in [1.807, 2.05) is 30.3 Å². The Kier molecular flexibility index (Phi) is 6.16. The van der Waals surface area contributed by atoms with E-state index in [1.165, 1.54) is 6.07 Å². The minimum absolute atomic E-state index is 0.0641.